The molecule has 0 aliphatic rings. The molecule has 0 spiro atoms. The zero-order valence-corrected chi connectivity index (χ0v) is 17.9. The zero-order chi connectivity index (χ0) is 22.6. The Bertz CT molecular complexity index is 1220. The Labute approximate surface area is 184 Å². The molecule has 3 aromatic rings. The van der Waals surface area contributed by atoms with Gasteiger partial charge >= 0.3 is 0 Å². The van der Waals surface area contributed by atoms with Gasteiger partial charge in [0.15, 0.2) is 0 Å². The number of benzene rings is 3. The Morgan fingerprint density at radius 3 is 2.29 bits per heavy atom. The molecule has 0 aromatic heterocycles. The summed E-state index contributed by atoms with van der Waals surface area (Å²) in [5, 5.41) is 13.7. The van der Waals surface area contributed by atoms with Crippen LogP contribution in [0.5, 0.6) is 0 Å². The number of rotatable bonds is 7. The maximum absolute atomic E-state index is 13.3. The van der Waals surface area contributed by atoms with Crippen molar-refractivity contribution in [1.29, 1.82) is 0 Å². The number of anilines is 2. The molecule has 1 amide bonds. The van der Waals surface area contributed by atoms with E-state index in [2.05, 4.69) is 5.32 Å². The summed E-state index contributed by atoms with van der Waals surface area (Å²) >= 11 is 6.18. The maximum Gasteiger partial charge on any atom is 0.269 e. The highest BCUT2D eigenvalue weighted by atomic mass is 35.5. The monoisotopic (exact) mass is 459 g/mol. The van der Waals surface area contributed by atoms with Gasteiger partial charge in [-0.1, -0.05) is 35.9 Å². The molecule has 0 saturated carbocycles. The SMILES string of the molecule is Cc1ccc(N(CC(=O)Nc2ccc([N+](=O)[O-])cc2)S(=O)(=O)c2ccccc2)cc1Cl. The lowest BCUT2D eigenvalue weighted by molar-refractivity contribution is -0.384. The number of nitrogens with zero attached hydrogens (tertiary/aromatic N) is 2. The minimum Gasteiger partial charge on any atom is -0.325 e. The van der Waals surface area contributed by atoms with E-state index >= 15 is 0 Å². The Kier molecular flexibility index (Phi) is 6.57. The van der Waals surface area contributed by atoms with Gasteiger partial charge in [-0.25, -0.2) is 8.42 Å². The van der Waals surface area contributed by atoms with E-state index in [1.165, 1.54) is 42.5 Å². The van der Waals surface area contributed by atoms with Crippen molar-refractivity contribution in [2.45, 2.75) is 11.8 Å². The molecule has 0 unspecified atom stereocenters. The van der Waals surface area contributed by atoms with Crippen molar-refractivity contribution >= 4 is 44.6 Å². The molecule has 31 heavy (non-hydrogen) atoms. The van der Waals surface area contributed by atoms with E-state index in [0.717, 1.165) is 9.87 Å². The molecule has 160 valence electrons. The van der Waals surface area contributed by atoms with Crippen LogP contribution in [0.4, 0.5) is 17.1 Å². The minimum absolute atomic E-state index is 0.0230. The van der Waals surface area contributed by atoms with Gasteiger partial charge < -0.3 is 5.32 Å². The van der Waals surface area contributed by atoms with Crippen LogP contribution in [0.15, 0.2) is 77.7 Å². The molecule has 0 fully saturated rings. The van der Waals surface area contributed by atoms with Gasteiger partial charge in [0.05, 0.1) is 15.5 Å². The number of halogens is 1. The van der Waals surface area contributed by atoms with Crippen LogP contribution >= 0.6 is 11.6 Å². The standard InChI is InChI=1S/C21H18ClN3O5S/c1-15-7-10-18(13-20(15)22)24(31(29,30)19-5-3-2-4-6-19)14-21(26)23-16-8-11-17(12-9-16)25(27)28/h2-13H,14H2,1H3,(H,23,26). The lowest BCUT2D eigenvalue weighted by Crippen LogP contribution is -2.38. The molecule has 1 N–H and O–H groups in total. The Balaban J connectivity index is 1.91. The molecular formula is C21H18ClN3O5S. The van der Waals surface area contributed by atoms with Gasteiger partial charge in [0, 0.05) is 22.8 Å². The summed E-state index contributed by atoms with van der Waals surface area (Å²) in [6.07, 6.45) is 0. The van der Waals surface area contributed by atoms with Gasteiger partial charge in [-0.2, -0.15) is 0 Å². The number of aryl methyl sites for hydroxylation is 1. The fourth-order valence-electron chi connectivity index (χ4n) is 2.77. The second-order valence-corrected chi connectivity index (χ2v) is 8.88. The summed E-state index contributed by atoms with van der Waals surface area (Å²) in [4.78, 5) is 22.9. The molecule has 8 nitrogen and oxygen atoms in total. The first-order chi connectivity index (χ1) is 14.7. The van der Waals surface area contributed by atoms with E-state index in [9.17, 15) is 23.3 Å². The number of non-ortho nitro benzene ring substituents is 1. The second-order valence-electron chi connectivity index (χ2n) is 6.61. The van der Waals surface area contributed by atoms with E-state index in [1.807, 2.05) is 0 Å². The van der Waals surface area contributed by atoms with Gasteiger partial charge in [0.2, 0.25) is 5.91 Å². The van der Waals surface area contributed by atoms with Crippen molar-refractivity contribution in [2.24, 2.45) is 0 Å². The average Bonchev–Trinajstić information content (AvgIpc) is 2.75. The van der Waals surface area contributed by atoms with Crippen molar-refractivity contribution in [2.75, 3.05) is 16.2 Å². The molecule has 0 heterocycles. The van der Waals surface area contributed by atoms with Gasteiger partial charge in [-0.3, -0.25) is 19.2 Å². The fraction of sp³-hybridized carbons (Fsp3) is 0.0952. The highest BCUT2D eigenvalue weighted by Gasteiger charge is 2.27. The summed E-state index contributed by atoms with van der Waals surface area (Å²) in [6.45, 7) is 1.26. The number of amides is 1. The first-order valence-corrected chi connectivity index (χ1v) is 10.9. The number of hydrogen-bond acceptors (Lipinski definition) is 5. The first-order valence-electron chi connectivity index (χ1n) is 9.07. The number of nitro benzene ring substituents is 1. The van der Waals surface area contributed by atoms with E-state index in [1.54, 1.807) is 37.3 Å². The summed E-state index contributed by atoms with van der Waals surface area (Å²) in [7, 11) is -4.06. The predicted octanol–water partition coefficient (Wildman–Crippen LogP) is 4.39. The van der Waals surface area contributed by atoms with Crippen LogP contribution in [0.25, 0.3) is 0 Å². The lowest BCUT2D eigenvalue weighted by atomic mass is 10.2. The number of sulfonamides is 1. The number of carbonyl (C=O) groups is 1. The number of carbonyl (C=O) groups excluding carboxylic acids is 1. The molecule has 0 saturated heterocycles. The fourth-order valence-corrected chi connectivity index (χ4v) is 4.38. The third kappa shape index (κ3) is 5.19. The molecule has 0 radical (unpaired) electrons. The van der Waals surface area contributed by atoms with E-state index in [0.29, 0.717) is 10.7 Å². The van der Waals surface area contributed by atoms with Crippen LogP contribution in [0, 0.1) is 17.0 Å². The van der Waals surface area contributed by atoms with Gasteiger partial charge in [0.25, 0.3) is 15.7 Å². The molecule has 3 aromatic carbocycles. The van der Waals surface area contributed by atoms with Crippen LogP contribution < -0.4 is 9.62 Å². The number of nitrogens with one attached hydrogen (secondary N) is 1. The van der Waals surface area contributed by atoms with Crippen molar-refractivity contribution < 1.29 is 18.1 Å². The quantitative estimate of drug-likeness (QED) is 0.416. The van der Waals surface area contributed by atoms with E-state index < -0.39 is 27.4 Å². The minimum atomic E-state index is -4.06. The van der Waals surface area contributed by atoms with Crippen LogP contribution in [0.3, 0.4) is 0 Å². The summed E-state index contributed by atoms with van der Waals surface area (Å²) < 4.78 is 27.5. The molecule has 0 aliphatic heterocycles. The van der Waals surface area contributed by atoms with E-state index in [-0.39, 0.29) is 16.3 Å². The van der Waals surface area contributed by atoms with Crippen molar-refractivity contribution in [3.05, 3.63) is 93.5 Å². The molecule has 10 heteroatoms. The summed E-state index contributed by atoms with van der Waals surface area (Å²) in [5.74, 6) is -0.620. The molecule has 0 aliphatic carbocycles. The zero-order valence-electron chi connectivity index (χ0n) is 16.4. The smallest absolute Gasteiger partial charge is 0.269 e. The number of nitro groups is 1. The number of hydrogen-bond donors (Lipinski definition) is 1. The topological polar surface area (TPSA) is 110 Å². The first kappa shape index (κ1) is 22.3. The van der Waals surface area contributed by atoms with Crippen LogP contribution in [0.1, 0.15) is 5.56 Å². The Morgan fingerprint density at radius 1 is 1.06 bits per heavy atom. The normalized spacial score (nSPS) is 11.0. The maximum atomic E-state index is 13.3. The molecule has 0 atom stereocenters. The largest absolute Gasteiger partial charge is 0.325 e. The highest BCUT2D eigenvalue weighted by Crippen LogP contribution is 2.28. The van der Waals surface area contributed by atoms with E-state index in [4.69, 9.17) is 11.6 Å². The van der Waals surface area contributed by atoms with Crippen molar-refractivity contribution in [1.82, 2.24) is 0 Å². The van der Waals surface area contributed by atoms with Gasteiger partial charge in [-0.05, 0) is 48.9 Å². The lowest BCUT2D eigenvalue weighted by Gasteiger charge is -2.24. The Morgan fingerprint density at radius 2 is 1.71 bits per heavy atom. The molecular weight excluding hydrogens is 442 g/mol. The van der Waals surface area contributed by atoms with Crippen LogP contribution in [-0.2, 0) is 14.8 Å². The highest BCUT2D eigenvalue weighted by molar-refractivity contribution is 7.92. The summed E-state index contributed by atoms with van der Waals surface area (Å²) in [6, 6.07) is 17.7. The van der Waals surface area contributed by atoms with Gasteiger partial charge in [0.1, 0.15) is 6.54 Å². The third-order valence-electron chi connectivity index (χ3n) is 4.42. The van der Waals surface area contributed by atoms with Crippen LogP contribution in [0.2, 0.25) is 5.02 Å². The molecule has 3 rings (SSSR count). The van der Waals surface area contributed by atoms with Crippen molar-refractivity contribution in [3.63, 3.8) is 0 Å². The predicted molar refractivity (Wildman–Crippen MR) is 119 cm³/mol. The van der Waals surface area contributed by atoms with Crippen molar-refractivity contribution in [3.8, 4) is 0 Å². The Hall–Kier alpha value is -3.43. The third-order valence-corrected chi connectivity index (χ3v) is 6.62. The molecule has 0 bridgehead atoms. The summed E-state index contributed by atoms with van der Waals surface area (Å²) in [5.41, 5.74) is 1.17. The average molecular weight is 460 g/mol. The second kappa shape index (κ2) is 9.15. The van der Waals surface area contributed by atoms with Crippen LogP contribution in [-0.4, -0.2) is 25.8 Å². The van der Waals surface area contributed by atoms with Gasteiger partial charge in [-0.15, -0.1) is 0 Å².